The lowest BCUT2D eigenvalue weighted by Gasteiger charge is -2.12. The number of aryl methyl sites for hydroxylation is 1. The number of hydrogen-bond donors (Lipinski definition) is 3. The number of carbonyl (C=O) groups is 2. The van der Waals surface area contributed by atoms with Gasteiger partial charge in [-0.15, -0.1) is 0 Å². The molecule has 0 atom stereocenters. The number of nitrogens with zero attached hydrogens (tertiary/aromatic N) is 1. The van der Waals surface area contributed by atoms with E-state index in [1.54, 1.807) is 17.6 Å². The minimum absolute atomic E-state index is 0.0655. The summed E-state index contributed by atoms with van der Waals surface area (Å²) in [5.41, 5.74) is 5.83. The Bertz CT molecular complexity index is 823. The van der Waals surface area contributed by atoms with E-state index in [2.05, 4.69) is 5.32 Å². The second-order valence-corrected chi connectivity index (χ2v) is 5.80. The van der Waals surface area contributed by atoms with E-state index in [1.807, 2.05) is 43.3 Å². The van der Waals surface area contributed by atoms with Gasteiger partial charge in [0.05, 0.1) is 18.9 Å². The lowest BCUT2D eigenvalue weighted by molar-refractivity contribution is -0.128. The Kier molecular flexibility index (Phi) is 6.89. The molecule has 3 N–H and O–H groups in total. The Balaban J connectivity index is 2.26. The molecule has 26 heavy (non-hydrogen) atoms. The molecule has 0 aromatic heterocycles. The molecule has 0 spiro atoms. The highest BCUT2D eigenvalue weighted by Gasteiger charge is 2.11. The van der Waals surface area contributed by atoms with Gasteiger partial charge in [0.2, 0.25) is 5.91 Å². The molecular formula is C20H21N3O3. The molecule has 0 aliphatic carbocycles. The summed E-state index contributed by atoms with van der Waals surface area (Å²) in [7, 11) is 0. The summed E-state index contributed by atoms with van der Waals surface area (Å²) >= 11 is 0. The van der Waals surface area contributed by atoms with Gasteiger partial charge in [0, 0.05) is 12.1 Å². The fourth-order valence-electron chi connectivity index (χ4n) is 2.64. The Labute approximate surface area is 152 Å². The van der Waals surface area contributed by atoms with E-state index >= 15 is 0 Å². The Hall–Kier alpha value is -3.17. The predicted octanol–water partition coefficient (Wildman–Crippen LogP) is 2.61. The summed E-state index contributed by atoms with van der Waals surface area (Å²) in [4.78, 5) is 23.6. The summed E-state index contributed by atoms with van der Waals surface area (Å²) < 4.78 is 0. The number of amides is 2. The van der Waals surface area contributed by atoms with Gasteiger partial charge < -0.3 is 5.32 Å². The molecule has 0 fully saturated rings. The zero-order chi connectivity index (χ0) is 18.9. The number of hydrogen-bond acceptors (Lipinski definition) is 4. The fourth-order valence-corrected chi connectivity index (χ4v) is 2.64. The average Bonchev–Trinajstić information content (AvgIpc) is 2.68. The van der Waals surface area contributed by atoms with Gasteiger partial charge in [-0.3, -0.25) is 14.8 Å². The van der Waals surface area contributed by atoms with Crippen LogP contribution in [0.5, 0.6) is 0 Å². The molecule has 0 heterocycles. The number of carbonyl (C=O) groups excluding carboxylic acids is 2. The van der Waals surface area contributed by atoms with Crippen molar-refractivity contribution in [1.82, 2.24) is 10.8 Å². The van der Waals surface area contributed by atoms with Crippen LogP contribution < -0.4 is 10.8 Å². The van der Waals surface area contributed by atoms with Gasteiger partial charge in [-0.05, 0) is 40.8 Å². The minimum atomic E-state index is -0.479. The molecule has 6 nitrogen and oxygen atoms in total. The van der Waals surface area contributed by atoms with Crippen LogP contribution in [0.4, 0.5) is 0 Å². The molecule has 2 amide bonds. The zero-order valence-electron chi connectivity index (χ0n) is 14.6. The van der Waals surface area contributed by atoms with Crippen LogP contribution in [0.2, 0.25) is 0 Å². The molecular weight excluding hydrogens is 330 g/mol. The van der Waals surface area contributed by atoms with Crippen LogP contribution in [0.25, 0.3) is 11.1 Å². The predicted molar refractivity (Wildman–Crippen MR) is 97.5 cm³/mol. The first-order valence-electron chi connectivity index (χ1n) is 8.39. The molecule has 2 rings (SSSR count). The highest BCUT2D eigenvalue weighted by Crippen LogP contribution is 2.26. The number of nitriles is 1. The van der Waals surface area contributed by atoms with E-state index < -0.39 is 5.91 Å². The third-order valence-electron chi connectivity index (χ3n) is 4.03. The summed E-state index contributed by atoms with van der Waals surface area (Å²) in [5.74, 6) is -0.707. The van der Waals surface area contributed by atoms with Crippen molar-refractivity contribution in [3.8, 4) is 17.2 Å². The van der Waals surface area contributed by atoms with Crippen molar-refractivity contribution >= 4 is 11.8 Å². The lowest BCUT2D eigenvalue weighted by Crippen LogP contribution is -2.24. The molecule has 2 aromatic rings. The van der Waals surface area contributed by atoms with Crippen LogP contribution in [0.15, 0.2) is 42.5 Å². The summed E-state index contributed by atoms with van der Waals surface area (Å²) in [6.07, 6.45) is 1.18. The molecule has 0 saturated heterocycles. The van der Waals surface area contributed by atoms with Crippen LogP contribution in [0.3, 0.4) is 0 Å². The summed E-state index contributed by atoms with van der Waals surface area (Å²) in [6.45, 7) is 2.35. The van der Waals surface area contributed by atoms with Gasteiger partial charge in [0.15, 0.2) is 0 Å². The Morgan fingerprint density at radius 1 is 1.15 bits per heavy atom. The topological polar surface area (TPSA) is 102 Å². The van der Waals surface area contributed by atoms with E-state index in [0.717, 1.165) is 28.7 Å². The van der Waals surface area contributed by atoms with E-state index in [4.69, 9.17) is 10.5 Å². The van der Waals surface area contributed by atoms with Gasteiger partial charge in [-0.1, -0.05) is 37.3 Å². The standard InChI is InChI=1S/C20H21N3O3/c1-2-14-4-9-18(17(12-14)13-19(24)23-26)15-5-7-16(8-6-15)20(25)22-11-3-10-21/h4-9,12,26H,2-3,11,13H2,1H3,(H,22,25)(H,23,24). The van der Waals surface area contributed by atoms with Gasteiger partial charge in [0.1, 0.15) is 0 Å². The summed E-state index contributed by atoms with van der Waals surface area (Å²) in [6, 6.07) is 14.9. The van der Waals surface area contributed by atoms with E-state index in [9.17, 15) is 9.59 Å². The minimum Gasteiger partial charge on any atom is -0.351 e. The number of rotatable bonds is 7. The SMILES string of the molecule is CCc1ccc(-c2ccc(C(=O)NCCC#N)cc2)c(CC(=O)NO)c1. The number of benzene rings is 2. The van der Waals surface area contributed by atoms with Gasteiger partial charge in [0.25, 0.3) is 5.91 Å². The second kappa shape index (κ2) is 9.35. The van der Waals surface area contributed by atoms with Crippen molar-refractivity contribution in [2.45, 2.75) is 26.2 Å². The molecule has 0 aliphatic heterocycles. The third kappa shape index (κ3) is 4.91. The van der Waals surface area contributed by atoms with Gasteiger partial charge in [-0.2, -0.15) is 5.26 Å². The highest BCUT2D eigenvalue weighted by molar-refractivity contribution is 5.94. The smallest absolute Gasteiger partial charge is 0.251 e. The van der Waals surface area contributed by atoms with Crippen molar-refractivity contribution in [1.29, 1.82) is 5.26 Å². The third-order valence-corrected chi connectivity index (χ3v) is 4.03. The van der Waals surface area contributed by atoms with Crippen LogP contribution in [-0.2, 0) is 17.6 Å². The molecule has 2 aromatic carbocycles. The van der Waals surface area contributed by atoms with Crippen LogP contribution in [-0.4, -0.2) is 23.6 Å². The molecule has 6 heteroatoms. The second-order valence-electron chi connectivity index (χ2n) is 5.80. The van der Waals surface area contributed by atoms with Gasteiger partial charge in [-0.25, -0.2) is 5.48 Å². The maximum absolute atomic E-state index is 12.0. The summed E-state index contributed by atoms with van der Waals surface area (Å²) in [5, 5.41) is 20.0. The van der Waals surface area contributed by atoms with Crippen molar-refractivity contribution in [2.75, 3.05) is 6.54 Å². The van der Waals surface area contributed by atoms with Crippen LogP contribution in [0, 0.1) is 11.3 Å². The van der Waals surface area contributed by atoms with Crippen LogP contribution >= 0.6 is 0 Å². The maximum atomic E-state index is 12.0. The maximum Gasteiger partial charge on any atom is 0.251 e. The van der Waals surface area contributed by atoms with Crippen molar-refractivity contribution in [2.24, 2.45) is 0 Å². The first kappa shape index (κ1) is 19.2. The molecule has 0 aliphatic rings. The molecule has 134 valence electrons. The first-order chi connectivity index (χ1) is 12.6. The lowest BCUT2D eigenvalue weighted by atomic mass is 9.94. The zero-order valence-corrected chi connectivity index (χ0v) is 14.6. The highest BCUT2D eigenvalue weighted by atomic mass is 16.5. The van der Waals surface area contributed by atoms with Crippen molar-refractivity contribution in [3.05, 3.63) is 59.2 Å². The first-order valence-corrected chi connectivity index (χ1v) is 8.39. The van der Waals surface area contributed by atoms with Crippen molar-refractivity contribution in [3.63, 3.8) is 0 Å². The van der Waals surface area contributed by atoms with Crippen LogP contribution in [0.1, 0.15) is 34.8 Å². The Morgan fingerprint density at radius 2 is 1.88 bits per heavy atom. The fraction of sp³-hybridized carbons (Fsp3) is 0.250. The number of nitrogens with one attached hydrogen (secondary N) is 2. The van der Waals surface area contributed by atoms with Gasteiger partial charge >= 0.3 is 0 Å². The van der Waals surface area contributed by atoms with E-state index in [1.165, 1.54) is 0 Å². The molecule has 0 saturated carbocycles. The average molecular weight is 351 g/mol. The molecule has 0 radical (unpaired) electrons. The monoisotopic (exact) mass is 351 g/mol. The van der Waals surface area contributed by atoms with E-state index in [0.29, 0.717) is 12.1 Å². The normalized spacial score (nSPS) is 10.0. The molecule has 0 bridgehead atoms. The Morgan fingerprint density at radius 3 is 2.50 bits per heavy atom. The van der Waals surface area contributed by atoms with Crippen molar-refractivity contribution < 1.29 is 14.8 Å². The number of hydroxylamine groups is 1. The largest absolute Gasteiger partial charge is 0.351 e. The quantitative estimate of drug-likeness (QED) is 0.405. The van der Waals surface area contributed by atoms with E-state index in [-0.39, 0.29) is 18.7 Å². The molecule has 0 unspecified atom stereocenters.